The molecule has 4 nitrogen and oxygen atoms in total. The Bertz CT molecular complexity index is 1140. The molecule has 0 aliphatic rings. The number of quaternary nitrogens is 1. The lowest BCUT2D eigenvalue weighted by atomic mass is 9.94. The number of hydrogen-bond acceptors (Lipinski definition) is 4. The number of para-hydroxylation sites is 1. The normalized spacial score (nSPS) is 12.1. The second-order valence-electron chi connectivity index (χ2n) is 7.30. The molecule has 2 aromatic carbocycles. The van der Waals surface area contributed by atoms with Gasteiger partial charge >= 0.3 is 5.97 Å². The Morgan fingerprint density at radius 1 is 1.00 bits per heavy atom. The molecule has 152 valence electrons. The maximum Gasteiger partial charge on any atom is 0.340 e. The number of benzene rings is 2. The first-order chi connectivity index (χ1) is 14.7. The average molecular weight is 418 g/mol. The number of nitrogens with one attached hydrogen (secondary N) is 1. The highest BCUT2D eigenvalue weighted by atomic mass is 32.1. The van der Waals surface area contributed by atoms with Crippen molar-refractivity contribution >= 4 is 28.2 Å². The lowest BCUT2D eigenvalue weighted by Crippen LogP contribution is -3.06. The number of rotatable bonds is 7. The molecule has 0 amide bonds. The van der Waals surface area contributed by atoms with Crippen LogP contribution in [0.3, 0.4) is 0 Å². The number of carbonyl (C=O) groups is 1. The Morgan fingerprint density at radius 2 is 1.77 bits per heavy atom. The first-order valence-corrected chi connectivity index (χ1v) is 11.0. The molecule has 1 unspecified atom stereocenters. The number of ether oxygens (including phenoxy) is 1. The van der Waals surface area contributed by atoms with Gasteiger partial charge in [0.05, 0.1) is 29.6 Å². The smallest absolute Gasteiger partial charge is 0.340 e. The van der Waals surface area contributed by atoms with Crippen LogP contribution in [0.25, 0.3) is 22.0 Å². The van der Waals surface area contributed by atoms with Gasteiger partial charge in [-0.2, -0.15) is 0 Å². The highest BCUT2D eigenvalue weighted by molar-refractivity contribution is 7.09. The highest BCUT2D eigenvalue weighted by Crippen LogP contribution is 2.33. The second kappa shape index (κ2) is 9.20. The number of thiophene rings is 1. The minimum absolute atomic E-state index is 0.312. The molecule has 0 aliphatic heterocycles. The number of hydrogen-bond donors (Lipinski definition) is 1. The molecule has 0 aliphatic carbocycles. The van der Waals surface area contributed by atoms with E-state index in [1.165, 1.54) is 9.78 Å². The van der Waals surface area contributed by atoms with Gasteiger partial charge in [-0.15, -0.1) is 11.3 Å². The van der Waals surface area contributed by atoms with E-state index in [0.717, 1.165) is 34.3 Å². The molecular weight excluding hydrogens is 392 g/mol. The van der Waals surface area contributed by atoms with E-state index in [1.54, 1.807) is 11.3 Å². The van der Waals surface area contributed by atoms with Crippen molar-refractivity contribution in [3.05, 3.63) is 88.2 Å². The van der Waals surface area contributed by atoms with Gasteiger partial charge in [0.15, 0.2) is 0 Å². The van der Waals surface area contributed by atoms with E-state index in [4.69, 9.17) is 9.72 Å². The van der Waals surface area contributed by atoms with Crippen LogP contribution in [-0.4, -0.2) is 24.6 Å². The summed E-state index contributed by atoms with van der Waals surface area (Å²) in [7, 11) is 2.13. The van der Waals surface area contributed by atoms with Gasteiger partial charge in [0.25, 0.3) is 0 Å². The fraction of sp³-hybridized carbons (Fsp3) is 0.200. The minimum atomic E-state index is -0.312. The fourth-order valence-electron chi connectivity index (χ4n) is 3.78. The van der Waals surface area contributed by atoms with Gasteiger partial charge in [-0.1, -0.05) is 54.6 Å². The first-order valence-electron chi connectivity index (χ1n) is 10.1. The predicted molar refractivity (Wildman–Crippen MR) is 122 cm³/mol. The van der Waals surface area contributed by atoms with Crippen LogP contribution < -0.4 is 4.90 Å². The molecule has 1 N–H and O–H groups in total. The average Bonchev–Trinajstić information content (AvgIpc) is 3.26. The number of carbonyl (C=O) groups excluding carboxylic acids is 1. The lowest BCUT2D eigenvalue weighted by Gasteiger charge is -2.19. The van der Waals surface area contributed by atoms with Gasteiger partial charge in [0.2, 0.25) is 0 Å². The van der Waals surface area contributed by atoms with Crippen molar-refractivity contribution in [2.45, 2.75) is 20.0 Å². The van der Waals surface area contributed by atoms with E-state index in [9.17, 15) is 4.79 Å². The summed E-state index contributed by atoms with van der Waals surface area (Å²) in [6.45, 7) is 3.69. The lowest BCUT2D eigenvalue weighted by molar-refractivity contribution is -0.907. The molecule has 4 rings (SSSR count). The first kappa shape index (κ1) is 20.3. The summed E-state index contributed by atoms with van der Waals surface area (Å²) in [5.41, 5.74) is 4.14. The van der Waals surface area contributed by atoms with Crippen molar-refractivity contribution in [1.29, 1.82) is 0 Å². The van der Waals surface area contributed by atoms with Gasteiger partial charge in [-0.3, -0.25) is 0 Å². The molecule has 0 saturated carbocycles. The standard InChI is InChI=1S/C25H24N2O2S/c1-3-29-25(28)24-22(17-27(2)16-19-12-9-15-30-19)26-21-14-8-7-13-20(21)23(24)18-10-5-4-6-11-18/h4-15H,3,16-17H2,1-2H3/p+1. The Kier molecular flexibility index (Phi) is 6.21. The van der Waals surface area contributed by atoms with Crippen LogP contribution in [0.2, 0.25) is 0 Å². The Labute approximate surface area is 180 Å². The van der Waals surface area contributed by atoms with Crippen LogP contribution in [0.15, 0.2) is 72.1 Å². The summed E-state index contributed by atoms with van der Waals surface area (Å²) in [6.07, 6.45) is 0. The van der Waals surface area contributed by atoms with Gasteiger partial charge in [0.1, 0.15) is 18.8 Å². The molecule has 2 aromatic heterocycles. The number of pyridine rings is 1. The van der Waals surface area contributed by atoms with Crippen LogP contribution in [-0.2, 0) is 17.8 Å². The largest absolute Gasteiger partial charge is 0.462 e. The fourth-order valence-corrected chi connectivity index (χ4v) is 4.60. The van der Waals surface area contributed by atoms with Crippen LogP contribution >= 0.6 is 11.3 Å². The van der Waals surface area contributed by atoms with E-state index in [2.05, 4.69) is 24.6 Å². The molecule has 1 atom stereocenters. The molecule has 0 radical (unpaired) electrons. The van der Waals surface area contributed by atoms with Crippen molar-refractivity contribution in [2.24, 2.45) is 0 Å². The van der Waals surface area contributed by atoms with Gasteiger partial charge in [0, 0.05) is 10.9 Å². The number of aromatic nitrogens is 1. The van der Waals surface area contributed by atoms with E-state index < -0.39 is 0 Å². The third-order valence-electron chi connectivity index (χ3n) is 5.03. The zero-order valence-corrected chi connectivity index (χ0v) is 18.0. The summed E-state index contributed by atoms with van der Waals surface area (Å²) in [6, 6.07) is 22.3. The van der Waals surface area contributed by atoms with Crippen molar-refractivity contribution < 1.29 is 14.4 Å². The van der Waals surface area contributed by atoms with Crippen LogP contribution in [0, 0.1) is 0 Å². The van der Waals surface area contributed by atoms with E-state index in [0.29, 0.717) is 18.7 Å². The van der Waals surface area contributed by atoms with Crippen LogP contribution in [0.4, 0.5) is 0 Å². The summed E-state index contributed by atoms with van der Waals surface area (Å²) in [4.78, 5) is 20.6. The SMILES string of the molecule is CCOC(=O)c1c(C[NH+](C)Cc2cccs2)nc2ccccc2c1-c1ccccc1. The molecule has 0 bridgehead atoms. The van der Waals surface area contributed by atoms with Gasteiger partial charge in [-0.05, 0) is 30.0 Å². The van der Waals surface area contributed by atoms with E-state index in [-0.39, 0.29) is 5.97 Å². The maximum absolute atomic E-state index is 13.1. The molecule has 2 heterocycles. The summed E-state index contributed by atoms with van der Waals surface area (Å²) in [5, 5.41) is 3.06. The zero-order valence-electron chi connectivity index (χ0n) is 17.2. The van der Waals surface area contributed by atoms with Crippen molar-refractivity contribution in [3.8, 4) is 11.1 Å². The van der Waals surface area contributed by atoms with Gasteiger partial charge in [-0.25, -0.2) is 9.78 Å². The third-order valence-corrected chi connectivity index (χ3v) is 5.91. The van der Waals surface area contributed by atoms with Crippen molar-refractivity contribution in [3.63, 3.8) is 0 Å². The molecule has 5 heteroatoms. The van der Waals surface area contributed by atoms with Gasteiger partial charge < -0.3 is 9.64 Å². The molecule has 0 saturated heterocycles. The monoisotopic (exact) mass is 417 g/mol. The summed E-state index contributed by atoms with van der Waals surface area (Å²) < 4.78 is 5.48. The van der Waals surface area contributed by atoms with Crippen LogP contribution in [0.1, 0.15) is 27.9 Å². The summed E-state index contributed by atoms with van der Waals surface area (Å²) in [5.74, 6) is -0.312. The van der Waals surface area contributed by atoms with Crippen LogP contribution in [0.5, 0.6) is 0 Å². The number of fused-ring (bicyclic) bond motifs is 1. The molecule has 0 spiro atoms. The Morgan fingerprint density at radius 3 is 2.50 bits per heavy atom. The van der Waals surface area contributed by atoms with Crippen molar-refractivity contribution in [2.75, 3.05) is 13.7 Å². The number of nitrogens with zero attached hydrogens (tertiary/aromatic N) is 1. The van der Waals surface area contributed by atoms with Crippen molar-refractivity contribution in [1.82, 2.24) is 4.98 Å². The Hall–Kier alpha value is -3.02. The topological polar surface area (TPSA) is 43.6 Å². The predicted octanol–water partition coefficient (Wildman–Crippen LogP) is 4.35. The Balaban J connectivity index is 1.88. The molecular formula is C25H25N2O2S+. The minimum Gasteiger partial charge on any atom is -0.462 e. The molecule has 0 fully saturated rings. The second-order valence-corrected chi connectivity index (χ2v) is 8.33. The number of esters is 1. The quantitative estimate of drug-likeness (QED) is 0.455. The van der Waals surface area contributed by atoms with E-state index >= 15 is 0 Å². The summed E-state index contributed by atoms with van der Waals surface area (Å²) >= 11 is 1.75. The third kappa shape index (κ3) is 4.27. The maximum atomic E-state index is 13.1. The zero-order chi connectivity index (χ0) is 20.9. The molecule has 4 aromatic rings. The van der Waals surface area contributed by atoms with E-state index in [1.807, 2.05) is 61.5 Å². The highest BCUT2D eigenvalue weighted by Gasteiger charge is 2.25. The molecule has 30 heavy (non-hydrogen) atoms.